The highest BCUT2D eigenvalue weighted by molar-refractivity contribution is 6.33. The van der Waals surface area contributed by atoms with Gasteiger partial charge in [-0.1, -0.05) is 17.7 Å². The number of anilines is 3. The second kappa shape index (κ2) is 8.44. The van der Waals surface area contributed by atoms with E-state index in [0.717, 1.165) is 28.8 Å². The lowest BCUT2D eigenvalue weighted by Crippen LogP contribution is -2.25. The molecule has 10 heteroatoms. The zero-order chi connectivity index (χ0) is 25.8. The van der Waals surface area contributed by atoms with Crippen LogP contribution in [0.1, 0.15) is 40.9 Å². The van der Waals surface area contributed by atoms with Gasteiger partial charge in [-0.2, -0.15) is 13.2 Å². The second-order valence-corrected chi connectivity index (χ2v) is 9.79. The van der Waals surface area contributed by atoms with E-state index < -0.39 is 23.2 Å². The summed E-state index contributed by atoms with van der Waals surface area (Å²) in [5, 5.41) is 6.38. The van der Waals surface area contributed by atoms with Crippen molar-refractivity contribution in [3.8, 4) is 5.75 Å². The summed E-state index contributed by atoms with van der Waals surface area (Å²) in [6.45, 7) is 5.77. The third-order valence-corrected chi connectivity index (χ3v) is 6.22. The van der Waals surface area contributed by atoms with Crippen LogP contribution in [-0.2, 0) is 12.6 Å². The second-order valence-electron chi connectivity index (χ2n) is 9.39. The van der Waals surface area contributed by atoms with Gasteiger partial charge < -0.3 is 20.4 Å². The average Bonchev–Trinajstić information content (AvgIpc) is 3.33. The molecule has 1 aliphatic heterocycles. The summed E-state index contributed by atoms with van der Waals surface area (Å²) >= 11 is 6.35. The first-order valence-corrected chi connectivity index (χ1v) is 11.5. The summed E-state index contributed by atoms with van der Waals surface area (Å²) in [4.78, 5) is 21.1. The first-order valence-electron chi connectivity index (χ1n) is 11.2. The number of imidazole rings is 1. The standard InChI is InChI=1S/C26H22ClF3N4O2/c1-13-4-9-19(18(27)10-13)32-24-33-20-11-16(22-17(21(20)34-24)12-25(2,3)36-22)23(35)31-15-7-5-14(6-8-15)26(28,29)30/h4-11H,12H2,1-3H3,(H,31,35)(H2,32,33,34). The number of aryl methyl sites for hydroxylation is 1. The number of nitrogens with one attached hydrogen (secondary N) is 3. The maximum atomic E-state index is 13.2. The minimum atomic E-state index is -4.46. The number of amides is 1. The topological polar surface area (TPSA) is 79.0 Å². The fraction of sp³-hybridized carbons (Fsp3) is 0.231. The number of carbonyl (C=O) groups excluding carboxylic acids is 1. The molecule has 0 unspecified atom stereocenters. The molecule has 5 rings (SSSR count). The molecule has 0 aliphatic carbocycles. The lowest BCUT2D eigenvalue weighted by molar-refractivity contribution is -0.137. The normalized spacial score (nSPS) is 14.4. The number of benzene rings is 3. The van der Waals surface area contributed by atoms with E-state index in [1.165, 1.54) is 12.1 Å². The minimum Gasteiger partial charge on any atom is -0.486 e. The van der Waals surface area contributed by atoms with E-state index in [4.69, 9.17) is 16.3 Å². The predicted octanol–water partition coefficient (Wildman–Crippen LogP) is 7.25. The fourth-order valence-corrected chi connectivity index (χ4v) is 4.52. The van der Waals surface area contributed by atoms with Crippen LogP contribution in [0.2, 0.25) is 5.02 Å². The minimum absolute atomic E-state index is 0.234. The van der Waals surface area contributed by atoms with Gasteiger partial charge in [-0.15, -0.1) is 0 Å². The van der Waals surface area contributed by atoms with Gasteiger partial charge in [-0.05, 0) is 68.8 Å². The number of hydrogen-bond acceptors (Lipinski definition) is 4. The van der Waals surface area contributed by atoms with Gasteiger partial charge in [-0.3, -0.25) is 4.79 Å². The molecule has 3 N–H and O–H groups in total. The van der Waals surface area contributed by atoms with Crippen molar-refractivity contribution in [1.29, 1.82) is 0 Å². The molecule has 0 radical (unpaired) electrons. The molecule has 186 valence electrons. The van der Waals surface area contributed by atoms with E-state index >= 15 is 0 Å². The number of nitrogens with zero attached hydrogens (tertiary/aromatic N) is 1. The molecular formula is C26H22ClF3N4O2. The largest absolute Gasteiger partial charge is 0.486 e. The third-order valence-electron chi connectivity index (χ3n) is 5.91. The van der Waals surface area contributed by atoms with Crippen LogP contribution in [0.15, 0.2) is 48.5 Å². The van der Waals surface area contributed by atoms with E-state index in [1.54, 1.807) is 6.07 Å². The maximum absolute atomic E-state index is 13.2. The first kappa shape index (κ1) is 24.0. The predicted molar refractivity (Wildman–Crippen MR) is 133 cm³/mol. The van der Waals surface area contributed by atoms with E-state index in [-0.39, 0.29) is 11.3 Å². The number of fused-ring (bicyclic) bond motifs is 3. The first-order chi connectivity index (χ1) is 16.9. The van der Waals surface area contributed by atoms with Crippen LogP contribution in [0.25, 0.3) is 11.0 Å². The zero-order valence-corrected chi connectivity index (χ0v) is 20.4. The molecular weight excluding hydrogens is 493 g/mol. The Morgan fingerprint density at radius 3 is 2.53 bits per heavy atom. The summed E-state index contributed by atoms with van der Waals surface area (Å²) in [5.41, 5.74) is 2.89. The van der Waals surface area contributed by atoms with Gasteiger partial charge in [0.25, 0.3) is 5.91 Å². The van der Waals surface area contributed by atoms with Crippen LogP contribution >= 0.6 is 11.6 Å². The van der Waals surface area contributed by atoms with Crippen molar-refractivity contribution in [2.45, 2.75) is 39.0 Å². The van der Waals surface area contributed by atoms with Gasteiger partial charge >= 0.3 is 6.18 Å². The lowest BCUT2D eigenvalue weighted by atomic mass is 9.98. The molecule has 0 bridgehead atoms. The number of aromatic nitrogens is 2. The van der Waals surface area contributed by atoms with Crippen molar-refractivity contribution in [2.24, 2.45) is 0 Å². The van der Waals surface area contributed by atoms with Gasteiger partial charge in [0, 0.05) is 17.7 Å². The summed E-state index contributed by atoms with van der Waals surface area (Å²) in [7, 11) is 0. The van der Waals surface area contributed by atoms with E-state index in [0.29, 0.717) is 34.3 Å². The van der Waals surface area contributed by atoms with Crippen LogP contribution in [0.4, 0.5) is 30.5 Å². The van der Waals surface area contributed by atoms with Crippen molar-refractivity contribution in [1.82, 2.24) is 9.97 Å². The van der Waals surface area contributed by atoms with E-state index in [9.17, 15) is 18.0 Å². The Balaban J connectivity index is 1.50. The number of hydrogen-bond donors (Lipinski definition) is 3. The summed E-state index contributed by atoms with van der Waals surface area (Å²) < 4.78 is 44.7. The molecule has 0 fully saturated rings. The van der Waals surface area contributed by atoms with Crippen molar-refractivity contribution in [3.05, 3.63) is 75.8 Å². The summed E-state index contributed by atoms with van der Waals surface area (Å²) in [5.74, 6) is 0.355. The van der Waals surface area contributed by atoms with Crippen LogP contribution in [0, 0.1) is 6.92 Å². The van der Waals surface area contributed by atoms with Gasteiger partial charge in [0.05, 0.1) is 32.9 Å². The number of alkyl halides is 3. The van der Waals surface area contributed by atoms with Crippen molar-refractivity contribution in [3.63, 3.8) is 0 Å². The molecule has 1 amide bonds. The molecule has 0 spiro atoms. The molecule has 4 aromatic rings. The molecule has 3 aromatic carbocycles. The third kappa shape index (κ3) is 4.58. The van der Waals surface area contributed by atoms with Gasteiger partial charge in [0.15, 0.2) is 0 Å². The van der Waals surface area contributed by atoms with Gasteiger partial charge in [0.2, 0.25) is 5.95 Å². The summed E-state index contributed by atoms with van der Waals surface area (Å²) in [6, 6.07) is 11.5. The molecule has 0 atom stereocenters. The smallest absolute Gasteiger partial charge is 0.416 e. The van der Waals surface area contributed by atoms with Crippen molar-refractivity contribution >= 4 is 45.9 Å². The number of ether oxygens (including phenoxy) is 1. The molecule has 0 saturated carbocycles. The summed E-state index contributed by atoms with van der Waals surface area (Å²) in [6.07, 6.45) is -3.92. The highest BCUT2D eigenvalue weighted by Gasteiger charge is 2.36. The van der Waals surface area contributed by atoms with Crippen molar-refractivity contribution < 1.29 is 22.7 Å². The highest BCUT2D eigenvalue weighted by Crippen LogP contribution is 2.42. The molecule has 2 heterocycles. The average molecular weight is 515 g/mol. The van der Waals surface area contributed by atoms with Crippen LogP contribution in [0.3, 0.4) is 0 Å². The number of halogens is 4. The Kier molecular flexibility index (Phi) is 5.63. The SMILES string of the molecule is Cc1ccc(Nc2nc3cc(C(=O)Nc4ccc(C(F)(F)F)cc4)c4c(c3[nH]2)CC(C)(C)O4)c(Cl)c1. The lowest BCUT2D eigenvalue weighted by Gasteiger charge is -2.18. The molecule has 1 aliphatic rings. The highest BCUT2D eigenvalue weighted by atomic mass is 35.5. The zero-order valence-electron chi connectivity index (χ0n) is 19.6. The van der Waals surface area contributed by atoms with Crippen LogP contribution < -0.4 is 15.4 Å². The number of carbonyl (C=O) groups is 1. The van der Waals surface area contributed by atoms with Crippen LogP contribution in [-0.4, -0.2) is 21.5 Å². The molecule has 6 nitrogen and oxygen atoms in total. The van der Waals surface area contributed by atoms with E-state index in [2.05, 4.69) is 20.6 Å². The van der Waals surface area contributed by atoms with Crippen LogP contribution in [0.5, 0.6) is 5.75 Å². The Bertz CT molecular complexity index is 1490. The molecule has 36 heavy (non-hydrogen) atoms. The number of H-pyrrole nitrogens is 1. The molecule has 0 saturated heterocycles. The Labute approximate surface area is 209 Å². The Morgan fingerprint density at radius 1 is 1.14 bits per heavy atom. The maximum Gasteiger partial charge on any atom is 0.416 e. The quantitative estimate of drug-likeness (QED) is 0.268. The van der Waals surface area contributed by atoms with Gasteiger partial charge in [-0.25, -0.2) is 4.98 Å². The Hall–Kier alpha value is -3.72. The van der Waals surface area contributed by atoms with E-state index in [1.807, 2.05) is 39.0 Å². The fourth-order valence-electron chi connectivity index (χ4n) is 4.24. The monoisotopic (exact) mass is 514 g/mol. The number of rotatable bonds is 4. The van der Waals surface area contributed by atoms with Gasteiger partial charge in [0.1, 0.15) is 11.4 Å². The van der Waals surface area contributed by atoms with Crippen molar-refractivity contribution in [2.75, 3.05) is 10.6 Å². The number of aromatic amines is 1. The molecule has 1 aromatic heterocycles. The Morgan fingerprint density at radius 2 is 1.86 bits per heavy atom.